The van der Waals surface area contributed by atoms with Gasteiger partial charge >= 0.3 is 0 Å². The summed E-state index contributed by atoms with van der Waals surface area (Å²) in [5, 5.41) is 0. The third kappa shape index (κ3) is 1.93. The molecule has 0 aromatic heterocycles. The molecule has 0 aliphatic heterocycles. The summed E-state index contributed by atoms with van der Waals surface area (Å²) in [7, 11) is 0. The van der Waals surface area contributed by atoms with E-state index in [0.717, 1.165) is 55.3 Å². The molecule has 2 saturated carbocycles. The van der Waals surface area contributed by atoms with Crippen molar-refractivity contribution < 1.29 is 4.79 Å². The minimum Gasteiger partial charge on any atom is -0.300 e. The van der Waals surface area contributed by atoms with E-state index in [0.29, 0.717) is 5.78 Å². The molecule has 4 aliphatic rings. The minimum atomic E-state index is 0.503. The van der Waals surface area contributed by atoms with Crippen LogP contribution in [-0.2, 0) is 4.79 Å². The first kappa shape index (κ1) is 11.9. The number of hydrogen-bond acceptors (Lipinski definition) is 1. The highest BCUT2D eigenvalue weighted by atomic mass is 16.1. The molecule has 0 aromatic carbocycles. The summed E-state index contributed by atoms with van der Waals surface area (Å²) in [6, 6.07) is 0. The fourth-order valence-electron chi connectivity index (χ4n) is 5.42. The molecule has 0 radical (unpaired) electrons. The number of fused-ring (bicyclic) bond motifs is 5. The van der Waals surface area contributed by atoms with Crippen LogP contribution in [0.3, 0.4) is 0 Å². The van der Waals surface area contributed by atoms with E-state index < -0.39 is 0 Å². The smallest absolute Gasteiger partial charge is 0.133 e. The zero-order chi connectivity index (χ0) is 12.8. The average Bonchev–Trinajstić information content (AvgIpc) is 2.83. The molecule has 4 aliphatic carbocycles. The maximum atomic E-state index is 11.7. The normalized spacial score (nSPS) is 44.9. The van der Waals surface area contributed by atoms with Crippen molar-refractivity contribution in [1.29, 1.82) is 0 Å². The van der Waals surface area contributed by atoms with Gasteiger partial charge in [0.25, 0.3) is 0 Å². The molecule has 1 nitrogen and oxygen atoms in total. The second kappa shape index (κ2) is 4.61. The maximum absolute atomic E-state index is 11.7. The van der Waals surface area contributed by atoms with E-state index in [-0.39, 0.29) is 0 Å². The highest BCUT2D eigenvalue weighted by Crippen LogP contribution is 2.53. The van der Waals surface area contributed by atoms with Crippen molar-refractivity contribution in [3.05, 3.63) is 23.8 Å². The lowest BCUT2D eigenvalue weighted by Crippen LogP contribution is -2.38. The van der Waals surface area contributed by atoms with Gasteiger partial charge in [-0.15, -0.1) is 0 Å². The molecule has 0 spiro atoms. The summed E-state index contributed by atoms with van der Waals surface area (Å²) >= 11 is 0. The largest absolute Gasteiger partial charge is 0.300 e. The minimum absolute atomic E-state index is 0.503. The van der Waals surface area contributed by atoms with Crippen LogP contribution in [-0.4, -0.2) is 5.78 Å². The van der Waals surface area contributed by atoms with Crippen LogP contribution in [0.25, 0.3) is 0 Å². The molecule has 19 heavy (non-hydrogen) atoms. The summed E-state index contributed by atoms with van der Waals surface area (Å²) in [5.41, 5.74) is 1.65. The monoisotopic (exact) mass is 256 g/mol. The number of allylic oxidation sites excluding steroid dienone is 4. The standard InChI is InChI=1S/C18H24O/c19-14-7-4-13-6-10-17-15-3-1-2-12(15)5-9-18(17)16(13)11-8-14/h1-2,6,12,15-18H,3-5,7-11H2. The van der Waals surface area contributed by atoms with Gasteiger partial charge in [-0.1, -0.05) is 23.8 Å². The summed E-state index contributed by atoms with van der Waals surface area (Å²) in [4.78, 5) is 11.7. The van der Waals surface area contributed by atoms with Crippen molar-refractivity contribution in [2.45, 2.75) is 51.4 Å². The molecular weight excluding hydrogens is 232 g/mol. The highest BCUT2D eigenvalue weighted by molar-refractivity contribution is 5.79. The van der Waals surface area contributed by atoms with Crippen molar-refractivity contribution in [3.8, 4) is 0 Å². The van der Waals surface area contributed by atoms with Gasteiger partial charge in [0, 0.05) is 12.8 Å². The van der Waals surface area contributed by atoms with Gasteiger partial charge < -0.3 is 0 Å². The van der Waals surface area contributed by atoms with Crippen molar-refractivity contribution in [2.24, 2.45) is 29.6 Å². The summed E-state index contributed by atoms with van der Waals surface area (Å²) < 4.78 is 0. The first-order chi connectivity index (χ1) is 9.33. The van der Waals surface area contributed by atoms with Crippen LogP contribution in [0.2, 0.25) is 0 Å². The van der Waals surface area contributed by atoms with Crippen LogP contribution < -0.4 is 0 Å². The lowest BCUT2D eigenvalue weighted by atomic mass is 9.58. The Morgan fingerprint density at radius 2 is 1.84 bits per heavy atom. The Bertz CT molecular complexity index is 445. The highest BCUT2D eigenvalue weighted by Gasteiger charge is 2.44. The SMILES string of the molecule is O=C1CCC2=CCC3C4CC=CC4CCC3C2CC1. The van der Waals surface area contributed by atoms with Crippen LogP contribution >= 0.6 is 0 Å². The third-order valence-corrected chi connectivity index (χ3v) is 6.35. The van der Waals surface area contributed by atoms with E-state index in [1.807, 2.05) is 0 Å². The molecule has 5 unspecified atom stereocenters. The number of carbonyl (C=O) groups is 1. The average molecular weight is 256 g/mol. The van der Waals surface area contributed by atoms with Gasteiger partial charge in [-0.2, -0.15) is 0 Å². The van der Waals surface area contributed by atoms with Gasteiger partial charge in [0.1, 0.15) is 5.78 Å². The molecule has 1 heteroatoms. The van der Waals surface area contributed by atoms with E-state index in [1.54, 1.807) is 5.57 Å². The van der Waals surface area contributed by atoms with Crippen molar-refractivity contribution >= 4 is 5.78 Å². The van der Waals surface area contributed by atoms with Crippen LogP contribution in [0, 0.1) is 29.6 Å². The van der Waals surface area contributed by atoms with E-state index in [9.17, 15) is 4.79 Å². The zero-order valence-corrected chi connectivity index (χ0v) is 11.7. The lowest BCUT2D eigenvalue weighted by Gasteiger charge is -2.46. The first-order valence-corrected chi connectivity index (χ1v) is 8.20. The first-order valence-electron chi connectivity index (χ1n) is 8.20. The molecule has 0 bridgehead atoms. The lowest BCUT2D eigenvalue weighted by molar-refractivity contribution is -0.119. The third-order valence-electron chi connectivity index (χ3n) is 6.35. The van der Waals surface area contributed by atoms with Crippen molar-refractivity contribution in [2.75, 3.05) is 0 Å². The van der Waals surface area contributed by atoms with Gasteiger partial charge in [-0.05, 0) is 68.1 Å². The Morgan fingerprint density at radius 1 is 0.895 bits per heavy atom. The van der Waals surface area contributed by atoms with Gasteiger partial charge in [0.2, 0.25) is 0 Å². The van der Waals surface area contributed by atoms with E-state index in [2.05, 4.69) is 18.2 Å². The number of Topliss-reactive ketones (excluding diaryl/α,β-unsaturated/α-hetero) is 1. The molecule has 0 heterocycles. The van der Waals surface area contributed by atoms with Crippen LogP contribution in [0.1, 0.15) is 51.4 Å². The van der Waals surface area contributed by atoms with E-state index >= 15 is 0 Å². The summed E-state index contributed by atoms with van der Waals surface area (Å²) in [5.74, 6) is 4.87. The number of rotatable bonds is 0. The molecular formula is C18H24O. The van der Waals surface area contributed by atoms with Crippen molar-refractivity contribution in [3.63, 3.8) is 0 Å². The number of carbonyl (C=O) groups excluding carboxylic acids is 1. The van der Waals surface area contributed by atoms with Crippen LogP contribution in [0.15, 0.2) is 23.8 Å². The van der Waals surface area contributed by atoms with Crippen LogP contribution in [0.4, 0.5) is 0 Å². The number of hydrogen-bond donors (Lipinski definition) is 0. The quantitative estimate of drug-likeness (QED) is 0.591. The Hall–Kier alpha value is -0.850. The fourth-order valence-corrected chi connectivity index (χ4v) is 5.42. The molecule has 5 atom stereocenters. The van der Waals surface area contributed by atoms with Gasteiger partial charge in [-0.25, -0.2) is 0 Å². The Balaban J connectivity index is 1.60. The molecule has 0 saturated heterocycles. The van der Waals surface area contributed by atoms with E-state index in [1.165, 1.54) is 25.7 Å². The molecule has 2 fully saturated rings. The molecule has 0 amide bonds. The van der Waals surface area contributed by atoms with E-state index in [4.69, 9.17) is 0 Å². The summed E-state index contributed by atoms with van der Waals surface area (Å²) in [6.07, 6.45) is 16.7. The van der Waals surface area contributed by atoms with Gasteiger partial charge in [0.05, 0.1) is 0 Å². The second-order valence-electron chi connectivity index (χ2n) is 7.10. The predicted octanol–water partition coefficient (Wildman–Crippen LogP) is 4.29. The Labute approximate surface area is 116 Å². The maximum Gasteiger partial charge on any atom is 0.133 e. The molecule has 0 N–H and O–H groups in total. The Kier molecular flexibility index (Phi) is 2.90. The summed E-state index contributed by atoms with van der Waals surface area (Å²) in [6.45, 7) is 0. The predicted molar refractivity (Wildman–Crippen MR) is 76.6 cm³/mol. The zero-order valence-electron chi connectivity index (χ0n) is 11.7. The molecule has 0 aromatic rings. The topological polar surface area (TPSA) is 17.1 Å². The second-order valence-corrected chi connectivity index (χ2v) is 7.10. The fraction of sp³-hybridized carbons (Fsp3) is 0.722. The Morgan fingerprint density at radius 3 is 2.79 bits per heavy atom. The molecule has 102 valence electrons. The van der Waals surface area contributed by atoms with Gasteiger partial charge in [-0.3, -0.25) is 4.79 Å². The molecule has 4 rings (SSSR count). The van der Waals surface area contributed by atoms with Crippen molar-refractivity contribution in [1.82, 2.24) is 0 Å². The van der Waals surface area contributed by atoms with Crippen LogP contribution in [0.5, 0.6) is 0 Å². The number of ketones is 1. The van der Waals surface area contributed by atoms with Gasteiger partial charge in [0.15, 0.2) is 0 Å².